The average molecular weight is 422 g/mol. The first-order valence-electron chi connectivity index (χ1n) is 9.66. The van der Waals surface area contributed by atoms with Crippen molar-refractivity contribution in [1.82, 2.24) is 5.32 Å². The van der Waals surface area contributed by atoms with Crippen molar-refractivity contribution in [2.75, 3.05) is 18.5 Å². The Morgan fingerprint density at radius 3 is 2.42 bits per heavy atom. The van der Waals surface area contributed by atoms with Crippen LogP contribution in [0.25, 0.3) is 0 Å². The molecule has 0 bridgehead atoms. The molecule has 0 aliphatic rings. The molecule has 0 spiro atoms. The lowest BCUT2D eigenvalue weighted by Crippen LogP contribution is -2.36. The van der Waals surface area contributed by atoms with Gasteiger partial charge in [-0.1, -0.05) is 42.5 Å². The highest BCUT2D eigenvalue weighted by atomic mass is 16.5. The smallest absolute Gasteiger partial charge is 0.333 e. The van der Waals surface area contributed by atoms with Crippen molar-refractivity contribution in [2.24, 2.45) is 0 Å². The molecule has 3 aromatic rings. The van der Waals surface area contributed by atoms with Crippen molar-refractivity contribution in [3.63, 3.8) is 0 Å². The fourth-order valence-electron chi connectivity index (χ4n) is 2.79. The van der Waals surface area contributed by atoms with E-state index < -0.39 is 30.4 Å². The molecule has 0 saturated carbocycles. The van der Waals surface area contributed by atoms with Gasteiger partial charge in [0.15, 0.2) is 18.4 Å². The Bertz CT molecular complexity index is 1020. The van der Waals surface area contributed by atoms with Gasteiger partial charge in [0, 0.05) is 0 Å². The van der Waals surface area contributed by atoms with E-state index in [1.807, 2.05) is 6.92 Å². The van der Waals surface area contributed by atoms with Crippen LogP contribution < -0.4 is 15.4 Å². The molecule has 8 nitrogen and oxygen atoms in total. The van der Waals surface area contributed by atoms with E-state index in [0.29, 0.717) is 23.6 Å². The van der Waals surface area contributed by atoms with Gasteiger partial charge >= 0.3 is 5.97 Å². The zero-order chi connectivity index (χ0) is 22.1. The molecule has 1 atom stereocenters. The first-order chi connectivity index (χ1) is 15.1. The minimum atomic E-state index is -1.11. The van der Waals surface area contributed by atoms with Crippen LogP contribution in [0.15, 0.2) is 77.4 Å². The fourth-order valence-corrected chi connectivity index (χ4v) is 2.79. The first kappa shape index (κ1) is 21.6. The Labute approximate surface area is 179 Å². The molecular weight excluding hydrogens is 400 g/mol. The topological polar surface area (TPSA) is 107 Å². The number of esters is 1. The number of para-hydroxylation sites is 2. The lowest BCUT2D eigenvalue weighted by Gasteiger charge is -2.17. The minimum Gasteiger partial charge on any atom is -0.492 e. The summed E-state index contributed by atoms with van der Waals surface area (Å²) in [5, 5.41) is 5.22. The van der Waals surface area contributed by atoms with E-state index in [-0.39, 0.29) is 5.76 Å². The normalized spacial score (nSPS) is 11.3. The summed E-state index contributed by atoms with van der Waals surface area (Å²) in [6.45, 7) is 1.75. The number of hydrogen-bond acceptors (Lipinski definition) is 6. The van der Waals surface area contributed by atoms with Gasteiger partial charge in [0.1, 0.15) is 5.75 Å². The molecule has 160 valence electrons. The maximum atomic E-state index is 12.7. The molecule has 0 fully saturated rings. The number of ether oxygens (including phenoxy) is 2. The highest BCUT2D eigenvalue weighted by Crippen LogP contribution is 2.23. The van der Waals surface area contributed by atoms with Gasteiger partial charge in [0.05, 0.1) is 18.6 Å². The zero-order valence-electron chi connectivity index (χ0n) is 16.9. The van der Waals surface area contributed by atoms with Gasteiger partial charge in [-0.3, -0.25) is 9.59 Å². The number of carbonyl (C=O) groups is 3. The Kier molecular flexibility index (Phi) is 7.42. The van der Waals surface area contributed by atoms with Crippen LogP contribution in [0.1, 0.15) is 29.1 Å². The van der Waals surface area contributed by atoms with Gasteiger partial charge < -0.3 is 24.5 Å². The molecule has 1 unspecified atom stereocenters. The molecule has 0 aliphatic carbocycles. The molecule has 0 saturated heterocycles. The number of anilines is 1. The highest BCUT2D eigenvalue weighted by Gasteiger charge is 2.26. The number of hydrogen-bond donors (Lipinski definition) is 2. The first-order valence-corrected chi connectivity index (χ1v) is 9.66. The summed E-state index contributed by atoms with van der Waals surface area (Å²) < 4.78 is 15.7. The lowest BCUT2D eigenvalue weighted by molar-refractivity contribution is -0.149. The molecular formula is C23H22N2O6. The second kappa shape index (κ2) is 10.6. The van der Waals surface area contributed by atoms with Crippen molar-refractivity contribution in [1.29, 1.82) is 0 Å². The van der Waals surface area contributed by atoms with Gasteiger partial charge in [0.2, 0.25) is 0 Å². The third kappa shape index (κ3) is 5.96. The van der Waals surface area contributed by atoms with Crippen LogP contribution in [0.3, 0.4) is 0 Å². The third-order valence-electron chi connectivity index (χ3n) is 4.20. The molecule has 0 radical (unpaired) electrons. The van der Waals surface area contributed by atoms with Crippen molar-refractivity contribution in [2.45, 2.75) is 13.0 Å². The molecule has 3 rings (SSSR count). The van der Waals surface area contributed by atoms with E-state index in [1.165, 1.54) is 12.3 Å². The fraction of sp³-hybridized carbons (Fsp3) is 0.174. The van der Waals surface area contributed by atoms with E-state index in [4.69, 9.17) is 13.9 Å². The van der Waals surface area contributed by atoms with Crippen molar-refractivity contribution in [3.05, 3.63) is 84.3 Å². The summed E-state index contributed by atoms with van der Waals surface area (Å²) in [5.41, 5.74) is 0.977. The Hall–Kier alpha value is -4.07. The molecule has 1 heterocycles. The summed E-state index contributed by atoms with van der Waals surface area (Å²) in [6.07, 6.45) is 1.36. The van der Waals surface area contributed by atoms with Crippen molar-refractivity contribution < 1.29 is 28.3 Å². The molecule has 2 amide bonds. The SMILES string of the molecule is CCOc1ccccc1NC(=O)COC(=O)C(NC(=O)c1ccco1)c1ccccc1. The largest absolute Gasteiger partial charge is 0.492 e. The Morgan fingerprint density at radius 2 is 1.71 bits per heavy atom. The summed E-state index contributed by atoms with van der Waals surface area (Å²) in [6, 6.07) is 17.5. The monoisotopic (exact) mass is 422 g/mol. The van der Waals surface area contributed by atoms with Gasteiger partial charge in [-0.05, 0) is 36.8 Å². The second-order valence-electron chi connectivity index (χ2n) is 6.38. The molecule has 8 heteroatoms. The van der Waals surface area contributed by atoms with Crippen LogP contribution in [0, 0.1) is 0 Å². The number of carbonyl (C=O) groups excluding carboxylic acids is 3. The minimum absolute atomic E-state index is 0.0546. The van der Waals surface area contributed by atoms with Crippen LogP contribution in [0.2, 0.25) is 0 Å². The average Bonchev–Trinajstić information content (AvgIpc) is 3.33. The number of nitrogens with one attached hydrogen (secondary N) is 2. The maximum absolute atomic E-state index is 12.7. The number of furan rings is 1. The van der Waals surface area contributed by atoms with Gasteiger partial charge in [-0.25, -0.2) is 4.79 Å². The van der Waals surface area contributed by atoms with Crippen LogP contribution >= 0.6 is 0 Å². The van der Waals surface area contributed by atoms with E-state index in [2.05, 4.69) is 10.6 Å². The number of benzene rings is 2. The standard InChI is InChI=1S/C23H22N2O6/c1-2-29-18-12-7-6-11-17(18)24-20(26)15-31-23(28)21(16-9-4-3-5-10-16)25-22(27)19-13-8-14-30-19/h3-14,21H,2,15H2,1H3,(H,24,26)(H,25,27). The van der Waals surface area contributed by atoms with Crippen LogP contribution in [0.4, 0.5) is 5.69 Å². The molecule has 0 aliphatic heterocycles. The Balaban J connectivity index is 1.65. The third-order valence-corrected chi connectivity index (χ3v) is 4.20. The quantitative estimate of drug-likeness (QED) is 0.512. The predicted molar refractivity (Wildman–Crippen MR) is 113 cm³/mol. The zero-order valence-corrected chi connectivity index (χ0v) is 16.9. The van der Waals surface area contributed by atoms with E-state index in [9.17, 15) is 14.4 Å². The van der Waals surface area contributed by atoms with Gasteiger partial charge in [0.25, 0.3) is 11.8 Å². The van der Waals surface area contributed by atoms with Crippen LogP contribution in [-0.4, -0.2) is 31.0 Å². The summed E-state index contributed by atoms with van der Waals surface area (Å²) >= 11 is 0. The van der Waals surface area contributed by atoms with E-state index >= 15 is 0 Å². The number of rotatable bonds is 9. The summed E-state index contributed by atoms with van der Waals surface area (Å²) in [5.74, 6) is -1.33. The van der Waals surface area contributed by atoms with Crippen LogP contribution in [-0.2, 0) is 14.3 Å². The Morgan fingerprint density at radius 1 is 0.968 bits per heavy atom. The van der Waals surface area contributed by atoms with E-state index in [1.54, 1.807) is 60.7 Å². The summed E-state index contributed by atoms with van der Waals surface area (Å²) in [4.78, 5) is 37.4. The predicted octanol–water partition coefficient (Wildman–Crippen LogP) is 3.33. The van der Waals surface area contributed by atoms with Crippen molar-refractivity contribution in [3.8, 4) is 5.75 Å². The molecule has 2 aromatic carbocycles. The summed E-state index contributed by atoms with van der Waals surface area (Å²) in [7, 11) is 0. The van der Waals surface area contributed by atoms with Gasteiger partial charge in [-0.15, -0.1) is 0 Å². The maximum Gasteiger partial charge on any atom is 0.333 e. The molecule has 2 N–H and O–H groups in total. The number of amides is 2. The van der Waals surface area contributed by atoms with Gasteiger partial charge in [-0.2, -0.15) is 0 Å². The highest BCUT2D eigenvalue weighted by molar-refractivity contribution is 5.96. The second-order valence-corrected chi connectivity index (χ2v) is 6.38. The van der Waals surface area contributed by atoms with Crippen LogP contribution in [0.5, 0.6) is 5.75 Å². The molecule has 1 aromatic heterocycles. The van der Waals surface area contributed by atoms with Crippen molar-refractivity contribution >= 4 is 23.5 Å². The molecule has 31 heavy (non-hydrogen) atoms. The van der Waals surface area contributed by atoms with E-state index in [0.717, 1.165) is 0 Å². The lowest BCUT2D eigenvalue weighted by atomic mass is 10.1.